The second-order valence-electron chi connectivity index (χ2n) is 4.31. The van der Waals surface area contributed by atoms with Gasteiger partial charge in [-0.15, -0.1) is 11.3 Å². The maximum absolute atomic E-state index is 13.2. The van der Waals surface area contributed by atoms with Crippen molar-refractivity contribution in [1.29, 1.82) is 0 Å². The van der Waals surface area contributed by atoms with E-state index in [1.165, 1.54) is 29.8 Å². The number of halogens is 2. The average molecular weight is 333 g/mol. The smallest absolute Gasteiger partial charge is 0.142 e. The summed E-state index contributed by atoms with van der Waals surface area (Å²) in [5.41, 5.74) is 6.02. The number of anilines is 2. The van der Waals surface area contributed by atoms with Crippen LogP contribution in [0.1, 0.15) is 4.88 Å². The van der Waals surface area contributed by atoms with Gasteiger partial charge >= 0.3 is 0 Å². The van der Waals surface area contributed by atoms with Gasteiger partial charge in [-0.05, 0) is 24.3 Å². The summed E-state index contributed by atoms with van der Waals surface area (Å²) in [7, 11) is 0. The number of hydrogen-bond acceptors (Lipinski definition) is 5. The van der Waals surface area contributed by atoms with E-state index in [2.05, 4.69) is 27.1 Å². The molecule has 0 aliphatic rings. The number of aromatic nitrogens is 2. The van der Waals surface area contributed by atoms with Crippen molar-refractivity contribution in [3.05, 3.63) is 46.3 Å². The molecular weight excluding hydrogens is 323 g/mol. The summed E-state index contributed by atoms with van der Waals surface area (Å²) in [5, 5.41) is 4.01. The SMILES string of the molecule is NCC#Cc1cc2c(Nc3ccc(F)c(Cl)c3)ncnc2s1. The van der Waals surface area contributed by atoms with E-state index in [1.807, 2.05) is 6.07 Å². The lowest BCUT2D eigenvalue weighted by molar-refractivity contribution is 0.628. The van der Waals surface area contributed by atoms with Gasteiger partial charge in [0.25, 0.3) is 0 Å². The fraction of sp³-hybridized carbons (Fsp3) is 0.0667. The molecule has 22 heavy (non-hydrogen) atoms. The maximum atomic E-state index is 13.2. The largest absolute Gasteiger partial charge is 0.340 e. The first-order valence-corrected chi connectivity index (χ1v) is 7.52. The van der Waals surface area contributed by atoms with Crippen LogP contribution >= 0.6 is 22.9 Å². The Bertz CT molecular complexity index is 897. The van der Waals surface area contributed by atoms with Crippen molar-refractivity contribution in [2.75, 3.05) is 11.9 Å². The molecule has 0 saturated heterocycles. The number of nitrogens with one attached hydrogen (secondary N) is 1. The van der Waals surface area contributed by atoms with Crippen molar-refractivity contribution in [1.82, 2.24) is 9.97 Å². The molecular formula is C15H10ClFN4S. The molecule has 0 atom stereocenters. The molecule has 4 nitrogen and oxygen atoms in total. The first-order valence-electron chi connectivity index (χ1n) is 6.33. The fourth-order valence-corrected chi connectivity index (χ4v) is 2.92. The third-order valence-electron chi connectivity index (χ3n) is 2.83. The normalized spacial score (nSPS) is 10.3. The average Bonchev–Trinajstić information content (AvgIpc) is 2.93. The van der Waals surface area contributed by atoms with E-state index >= 15 is 0 Å². The van der Waals surface area contributed by atoms with Gasteiger partial charge in [0.2, 0.25) is 0 Å². The molecule has 0 aliphatic carbocycles. The van der Waals surface area contributed by atoms with E-state index in [-0.39, 0.29) is 5.02 Å². The van der Waals surface area contributed by atoms with Crippen LogP contribution in [-0.4, -0.2) is 16.5 Å². The van der Waals surface area contributed by atoms with Gasteiger partial charge < -0.3 is 11.1 Å². The fourth-order valence-electron chi connectivity index (χ4n) is 1.87. The maximum Gasteiger partial charge on any atom is 0.142 e. The Balaban J connectivity index is 1.99. The number of nitrogens with zero attached hydrogens (tertiary/aromatic N) is 2. The Morgan fingerprint density at radius 1 is 1.32 bits per heavy atom. The topological polar surface area (TPSA) is 63.8 Å². The Morgan fingerprint density at radius 2 is 2.18 bits per heavy atom. The zero-order chi connectivity index (χ0) is 15.5. The highest BCUT2D eigenvalue weighted by Gasteiger charge is 2.09. The van der Waals surface area contributed by atoms with Crippen molar-refractivity contribution < 1.29 is 4.39 Å². The van der Waals surface area contributed by atoms with E-state index in [0.29, 0.717) is 18.1 Å². The minimum Gasteiger partial charge on any atom is -0.340 e. The molecule has 110 valence electrons. The molecule has 0 radical (unpaired) electrons. The van der Waals surface area contributed by atoms with Crippen LogP contribution < -0.4 is 11.1 Å². The van der Waals surface area contributed by atoms with Crippen molar-refractivity contribution in [3.8, 4) is 11.8 Å². The molecule has 3 aromatic rings. The van der Waals surface area contributed by atoms with Crippen molar-refractivity contribution in [3.63, 3.8) is 0 Å². The summed E-state index contributed by atoms with van der Waals surface area (Å²) in [4.78, 5) is 10.1. The molecule has 0 spiro atoms. The van der Waals surface area contributed by atoms with Crippen LogP contribution in [0.2, 0.25) is 5.02 Å². The van der Waals surface area contributed by atoms with Gasteiger partial charge in [-0.1, -0.05) is 23.4 Å². The molecule has 0 fully saturated rings. The minimum absolute atomic E-state index is 0.0510. The Kier molecular flexibility index (Phi) is 4.20. The van der Waals surface area contributed by atoms with E-state index in [4.69, 9.17) is 17.3 Å². The van der Waals surface area contributed by atoms with Crippen LogP contribution in [0.3, 0.4) is 0 Å². The second-order valence-corrected chi connectivity index (χ2v) is 5.75. The van der Waals surface area contributed by atoms with Crippen LogP contribution in [0.5, 0.6) is 0 Å². The lowest BCUT2D eigenvalue weighted by Gasteiger charge is -2.06. The third kappa shape index (κ3) is 3.02. The number of benzene rings is 1. The van der Waals surface area contributed by atoms with Crippen LogP contribution in [0, 0.1) is 17.7 Å². The summed E-state index contributed by atoms with van der Waals surface area (Å²) >= 11 is 7.25. The minimum atomic E-state index is -0.463. The number of nitrogens with two attached hydrogens (primary N) is 1. The summed E-state index contributed by atoms with van der Waals surface area (Å²) in [6.45, 7) is 0.305. The summed E-state index contributed by atoms with van der Waals surface area (Å²) < 4.78 is 13.2. The Morgan fingerprint density at radius 3 is 2.95 bits per heavy atom. The third-order valence-corrected chi connectivity index (χ3v) is 4.07. The second kappa shape index (κ2) is 6.28. The monoisotopic (exact) mass is 332 g/mol. The van der Waals surface area contributed by atoms with E-state index in [9.17, 15) is 4.39 Å². The number of hydrogen-bond donors (Lipinski definition) is 2. The Hall–Kier alpha value is -2.20. The summed E-state index contributed by atoms with van der Waals surface area (Å²) in [6, 6.07) is 6.30. The van der Waals surface area contributed by atoms with E-state index < -0.39 is 5.82 Å². The molecule has 0 amide bonds. The van der Waals surface area contributed by atoms with Crippen LogP contribution in [0.25, 0.3) is 10.2 Å². The van der Waals surface area contributed by atoms with E-state index in [1.54, 1.807) is 6.07 Å². The van der Waals surface area contributed by atoms with Gasteiger partial charge in [0.05, 0.1) is 21.8 Å². The van der Waals surface area contributed by atoms with Gasteiger partial charge in [-0.25, -0.2) is 14.4 Å². The number of fused-ring (bicyclic) bond motifs is 1. The zero-order valence-corrected chi connectivity index (χ0v) is 12.8. The number of rotatable bonds is 2. The van der Waals surface area contributed by atoms with Gasteiger partial charge in [0.15, 0.2) is 0 Å². The molecule has 0 unspecified atom stereocenters. The van der Waals surface area contributed by atoms with Crippen LogP contribution in [0.4, 0.5) is 15.9 Å². The lowest BCUT2D eigenvalue weighted by atomic mass is 10.3. The quantitative estimate of drug-likeness (QED) is 0.705. The summed E-state index contributed by atoms with van der Waals surface area (Å²) in [5.74, 6) is 5.94. The molecule has 0 saturated carbocycles. The van der Waals surface area contributed by atoms with Gasteiger partial charge in [0.1, 0.15) is 22.8 Å². The van der Waals surface area contributed by atoms with Crippen molar-refractivity contribution in [2.24, 2.45) is 5.73 Å². The molecule has 0 aliphatic heterocycles. The molecule has 2 heterocycles. The molecule has 7 heteroatoms. The molecule has 2 aromatic heterocycles. The Labute approximate surface area is 135 Å². The van der Waals surface area contributed by atoms with Gasteiger partial charge in [-0.2, -0.15) is 0 Å². The molecule has 1 aromatic carbocycles. The lowest BCUT2D eigenvalue weighted by Crippen LogP contribution is -1.95. The van der Waals surface area contributed by atoms with Crippen molar-refractivity contribution in [2.45, 2.75) is 0 Å². The predicted molar refractivity (Wildman–Crippen MR) is 88.0 cm³/mol. The molecule has 3 rings (SSSR count). The van der Waals surface area contributed by atoms with E-state index in [0.717, 1.165) is 15.1 Å². The standard InChI is InChI=1S/C15H10ClFN4S/c16-12-6-9(3-4-13(12)17)21-14-11-7-10(2-1-5-18)22-15(11)20-8-19-14/h3-4,6-8H,5,18H2,(H,19,20,21). The highest BCUT2D eigenvalue weighted by atomic mass is 35.5. The molecule has 0 bridgehead atoms. The summed E-state index contributed by atoms with van der Waals surface area (Å²) in [6.07, 6.45) is 1.46. The van der Waals surface area contributed by atoms with Crippen LogP contribution in [-0.2, 0) is 0 Å². The van der Waals surface area contributed by atoms with Crippen molar-refractivity contribution >= 4 is 44.7 Å². The number of thiophene rings is 1. The van der Waals surface area contributed by atoms with Crippen LogP contribution in [0.15, 0.2) is 30.6 Å². The first kappa shape index (κ1) is 14.7. The predicted octanol–water partition coefficient (Wildman–Crippen LogP) is 3.54. The first-order chi connectivity index (χ1) is 10.7. The highest BCUT2D eigenvalue weighted by Crippen LogP contribution is 2.30. The van der Waals surface area contributed by atoms with Gasteiger partial charge in [-0.3, -0.25) is 0 Å². The highest BCUT2D eigenvalue weighted by molar-refractivity contribution is 7.19. The zero-order valence-electron chi connectivity index (χ0n) is 11.2. The van der Waals surface area contributed by atoms with Gasteiger partial charge in [0, 0.05) is 5.69 Å². The molecule has 3 N–H and O–H groups in total.